The van der Waals surface area contributed by atoms with Gasteiger partial charge in [0.15, 0.2) is 12.2 Å². The zero-order valence-corrected chi connectivity index (χ0v) is 63.1. The first-order valence-electron chi connectivity index (χ1n) is 39.0. The second-order valence-electron chi connectivity index (χ2n) is 28.0. The molecule has 0 aliphatic heterocycles. The third-order valence-electron chi connectivity index (χ3n) is 17.5. The Morgan fingerprint density at radius 3 is 0.723 bits per heavy atom. The Balaban J connectivity index is 5.22. The molecule has 0 aromatic heterocycles. The molecule has 0 bridgehead atoms. The Hall–Kier alpha value is -1.94. The number of unbranched alkanes of at least 4 members (excludes halogenated alkanes) is 44. The van der Waals surface area contributed by atoms with E-state index in [1.165, 1.54) is 205 Å². The molecule has 19 heteroatoms. The fourth-order valence-corrected chi connectivity index (χ4v) is 13.1. The van der Waals surface area contributed by atoms with Gasteiger partial charge in [-0.1, -0.05) is 337 Å². The summed E-state index contributed by atoms with van der Waals surface area (Å²) in [4.78, 5) is 72.7. The molecule has 17 nitrogen and oxygen atoms in total. The molecule has 2 unspecified atom stereocenters. The summed E-state index contributed by atoms with van der Waals surface area (Å²) in [5, 5.41) is 10.6. The van der Waals surface area contributed by atoms with Crippen LogP contribution in [-0.4, -0.2) is 96.7 Å². The lowest BCUT2D eigenvalue weighted by Gasteiger charge is -2.21. The molecule has 0 heterocycles. The summed E-state index contributed by atoms with van der Waals surface area (Å²) in [6, 6.07) is 0. The highest BCUT2D eigenvalue weighted by molar-refractivity contribution is 7.47. The van der Waals surface area contributed by atoms with Gasteiger partial charge in [-0.25, -0.2) is 9.13 Å². The molecule has 0 radical (unpaired) electrons. The fourth-order valence-electron chi connectivity index (χ4n) is 11.5. The van der Waals surface area contributed by atoms with Crippen molar-refractivity contribution < 1.29 is 80.2 Å². The Morgan fingerprint density at radius 2 is 0.489 bits per heavy atom. The van der Waals surface area contributed by atoms with Crippen molar-refractivity contribution in [2.75, 3.05) is 39.6 Å². The molecule has 0 saturated carbocycles. The fraction of sp³-hybridized carbons (Fsp3) is 0.947. The molecule has 0 aromatic rings. The number of carbonyl (C=O) groups is 4. The molecule has 5 atom stereocenters. The number of phosphoric ester groups is 2. The molecule has 0 rings (SSSR count). The summed E-state index contributed by atoms with van der Waals surface area (Å²) in [7, 11) is -9.91. The van der Waals surface area contributed by atoms with Crippen molar-refractivity contribution in [1.29, 1.82) is 0 Å². The van der Waals surface area contributed by atoms with Crippen LogP contribution in [0.5, 0.6) is 0 Å². The van der Waals surface area contributed by atoms with Crippen LogP contribution < -0.4 is 0 Å². The number of hydrogen-bond acceptors (Lipinski definition) is 15. The lowest BCUT2D eigenvalue weighted by molar-refractivity contribution is -0.161. The first-order valence-corrected chi connectivity index (χ1v) is 42.0. The quantitative estimate of drug-likeness (QED) is 0.0222. The molecule has 0 spiro atoms. The van der Waals surface area contributed by atoms with Crippen LogP contribution in [0.2, 0.25) is 0 Å². The van der Waals surface area contributed by atoms with Crippen molar-refractivity contribution in [2.45, 2.75) is 407 Å². The van der Waals surface area contributed by atoms with Gasteiger partial charge in [0.1, 0.15) is 19.3 Å². The Kier molecular flexibility index (Phi) is 65.5. The van der Waals surface area contributed by atoms with Crippen molar-refractivity contribution in [2.24, 2.45) is 11.8 Å². The van der Waals surface area contributed by atoms with Crippen LogP contribution in [0.1, 0.15) is 388 Å². The number of aliphatic hydroxyl groups is 1. The van der Waals surface area contributed by atoms with Crippen molar-refractivity contribution in [3.8, 4) is 0 Å². The van der Waals surface area contributed by atoms with E-state index in [0.717, 1.165) is 102 Å². The number of esters is 4. The first-order chi connectivity index (χ1) is 45.4. The van der Waals surface area contributed by atoms with Crippen LogP contribution in [0.3, 0.4) is 0 Å². The van der Waals surface area contributed by atoms with Gasteiger partial charge in [0.2, 0.25) is 0 Å². The minimum atomic E-state index is -4.96. The zero-order valence-electron chi connectivity index (χ0n) is 61.3. The second-order valence-corrected chi connectivity index (χ2v) is 30.9. The van der Waals surface area contributed by atoms with E-state index >= 15 is 0 Å². The van der Waals surface area contributed by atoms with Crippen molar-refractivity contribution in [3.05, 3.63) is 0 Å². The minimum absolute atomic E-state index is 0.107. The Labute approximate surface area is 575 Å². The maximum absolute atomic E-state index is 13.1. The number of rotatable bonds is 74. The average molecular weight is 1380 g/mol. The number of hydrogen-bond donors (Lipinski definition) is 3. The minimum Gasteiger partial charge on any atom is -0.462 e. The SMILES string of the molecule is CCCCCCCCCCCCCC(=O)O[C@H](COC(=O)CCCCCCCCCCC)COP(=O)(O)OC[C@H](O)COP(=O)(O)OC[C@@H](COC(=O)CCCCCCCCCCCCCCCCC(C)C)OC(=O)CCCCCCCCCCCCCCCCC(C)C. The van der Waals surface area contributed by atoms with E-state index in [9.17, 15) is 43.2 Å². The molecule has 0 aromatic carbocycles. The van der Waals surface area contributed by atoms with E-state index in [1.54, 1.807) is 0 Å². The molecule has 0 saturated heterocycles. The van der Waals surface area contributed by atoms with E-state index < -0.39 is 97.5 Å². The molecule has 558 valence electrons. The number of aliphatic hydroxyl groups excluding tert-OH is 1. The Bertz CT molecular complexity index is 1820. The highest BCUT2D eigenvalue weighted by Gasteiger charge is 2.30. The third kappa shape index (κ3) is 68.6. The molecule has 0 fully saturated rings. The second kappa shape index (κ2) is 66.9. The van der Waals surface area contributed by atoms with E-state index in [0.29, 0.717) is 25.7 Å². The molecule has 0 amide bonds. The summed E-state index contributed by atoms with van der Waals surface area (Å²) in [6.45, 7) is 9.62. The highest BCUT2D eigenvalue weighted by Crippen LogP contribution is 2.45. The maximum Gasteiger partial charge on any atom is 0.472 e. The van der Waals surface area contributed by atoms with Gasteiger partial charge in [0, 0.05) is 25.7 Å². The third-order valence-corrected chi connectivity index (χ3v) is 19.4. The van der Waals surface area contributed by atoms with E-state index in [-0.39, 0.29) is 25.7 Å². The molecule has 3 N–H and O–H groups in total. The van der Waals surface area contributed by atoms with Gasteiger partial charge in [-0.2, -0.15) is 0 Å². The molecule has 0 aliphatic rings. The van der Waals surface area contributed by atoms with E-state index in [2.05, 4.69) is 41.5 Å². The molecule has 0 aliphatic carbocycles. The summed E-state index contributed by atoms with van der Waals surface area (Å²) in [5.74, 6) is -0.522. The van der Waals surface area contributed by atoms with Gasteiger partial charge in [-0.05, 0) is 37.5 Å². The molecule has 94 heavy (non-hydrogen) atoms. The van der Waals surface area contributed by atoms with Crippen LogP contribution in [0, 0.1) is 11.8 Å². The van der Waals surface area contributed by atoms with Crippen molar-refractivity contribution in [1.82, 2.24) is 0 Å². The van der Waals surface area contributed by atoms with Crippen LogP contribution in [-0.2, 0) is 65.4 Å². The smallest absolute Gasteiger partial charge is 0.462 e. The topological polar surface area (TPSA) is 237 Å². The lowest BCUT2D eigenvalue weighted by Crippen LogP contribution is -2.30. The maximum atomic E-state index is 13.1. The standard InChI is InChI=1S/C75H146O17P2/c1-7-9-11-13-15-17-26-35-41-47-53-59-74(79)91-70(63-85-72(77)57-51-45-39-31-16-14-12-10-8-2)65-89-93(81,82)87-61-69(76)62-88-94(83,84)90-66-71(92-75(80)60-54-48-42-36-30-25-21-19-23-28-33-38-44-50-56-68(5)6)64-86-73(78)58-52-46-40-34-29-24-20-18-22-27-32-37-43-49-55-67(3)4/h67-71,76H,7-66H2,1-6H3,(H,81,82)(H,83,84)/t69-,70+,71+/m0/s1. The van der Waals surface area contributed by atoms with Gasteiger partial charge in [-0.3, -0.25) is 37.3 Å². The van der Waals surface area contributed by atoms with E-state index in [4.69, 9.17) is 37.0 Å². The molecular weight excluding hydrogens is 1230 g/mol. The normalized spacial score (nSPS) is 14.0. The predicted molar refractivity (Wildman–Crippen MR) is 381 cm³/mol. The van der Waals surface area contributed by atoms with Gasteiger partial charge < -0.3 is 33.8 Å². The summed E-state index contributed by atoms with van der Waals surface area (Å²) in [5.41, 5.74) is 0. The van der Waals surface area contributed by atoms with Crippen LogP contribution >= 0.6 is 15.6 Å². The van der Waals surface area contributed by atoms with Crippen molar-refractivity contribution in [3.63, 3.8) is 0 Å². The van der Waals surface area contributed by atoms with Gasteiger partial charge in [0.25, 0.3) is 0 Å². The van der Waals surface area contributed by atoms with Crippen LogP contribution in [0.4, 0.5) is 0 Å². The van der Waals surface area contributed by atoms with Gasteiger partial charge >= 0.3 is 39.5 Å². The van der Waals surface area contributed by atoms with Gasteiger partial charge in [0.05, 0.1) is 26.4 Å². The zero-order chi connectivity index (χ0) is 69.3. The number of phosphoric acid groups is 2. The monoisotopic (exact) mass is 1380 g/mol. The average Bonchev–Trinajstić information content (AvgIpc) is 1.53. The summed E-state index contributed by atoms with van der Waals surface area (Å²) in [6.07, 6.45) is 54.0. The molecular formula is C75H146O17P2. The van der Waals surface area contributed by atoms with E-state index in [1.807, 2.05) is 0 Å². The Morgan fingerprint density at radius 1 is 0.287 bits per heavy atom. The lowest BCUT2D eigenvalue weighted by atomic mass is 10.0. The number of ether oxygens (including phenoxy) is 4. The highest BCUT2D eigenvalue weighted by atomic mass is 31.2. The van der Waals surface area contributed by atoms with Crippen LogP contribution in [0.25, 0.3) is 0 Å². The summed E-state index contributed by atoms with van der Waals surface area (Å²) < 4.78 is 68.4. The predicted octanol–water partition coefficient (Wildman–Crippen LogP) is 21.9. The summed E-state index contributed by atoms with van der Waals surface area (Å²) >= 11 is 0. The van der Waals surface area contributed by atoms with Crippen LogP contribution in [0.15, 0.2) is 0 Å². The van der Waals surface area contributed by atoms with Gasteiger partial charge in [-0.15, -0.1) is 0 Å². The first kappa shape index (κ1) is 92.1. The number of carbonyl (C=O) groups excluding carboxylic acids is 4. The van der Waals surface area contributed by atoms with Crippen molar-refractivity contribution >= 4 is 39.5 Å². The largest absolute Gasteiger partial charge is 0.472 e.